The highest BCUT2D eigenvalue weighted by atomic mass is 19.1. The van der Waals surface area contributed by atoms with Crippen LogP contribution in [0.2, 0.25) is 0 Å². The Morgan fingerprint density at radius 1 is 1.62 bits per heavy atom. The van der Waals surface area contributed by atoms with Gasteiger partial charge in [-0.05, 0) is 6.07 Å². The number of hydrogen-bond donors (Lipinski definition) is 1. The Labute approximate surface area is 73.7 Å². The molecule has 0 aliphatic carbocycles. The highest BCUT2D eigenvalue weighted by Crippen LogP contribution is 2.11. The lowest BCUT2D eigenvalue weighted by atomic mass is 10.4. The molecule has 0 bridgehead atoms. The van der Waals surface area contributed by atoms with Crippen LogP contribution < -0.4 is 5.32 Å². The van der Waals surface area contributed by atoms with Crippen molar-refractivity contribution in [1.29, 1.82) is 0 Å². The molecule has 70 valence electrons. The minimum atomic E-state index is -0.536. The molecule has 0 aliphatic rings. The third-order valence-electron chi connectivity index (χ3n) is 1.36. The van der Waals surface area contributed by atoms with Crippen molar-refractivity contribution in [3.63, 3.8) is 0 Å². The number of alkyl halides is 1. The number of aromatic nitrogens is 1. The first-order valence-corrected chi connectivity index (χ1v) is 3.64. The van der Waals surface area contributed by atoms with Gasteiger partial charge in [0.1, 0.15) is 18.7 Å². The van der Waals surface area contributed by atoms with E-state index in [1.807, 2.05) is 0 Å². The molecule has 1 heterocycles. The summed E-state index contributed by atoms with van der Waals surface area (Å²) >= 11 is 0. The molecule has 13 heavy (non-hydrogen) atoms. The van der Waals surface area contributed by atoms with Gasteiger partial charge in [-0.1, -0.05) is 0 Å². The fraction of sp³-hybridized carbons (Fsp3) is 0.286. The van der Waals surface area contributed by atoms with Crippen molar-refractivity contribution in [2.45, 2.75) is 0 Å². The van der Waals surface area contributed by atoms with Gasteiger partial charge in [0.15, 0.2) is 0 Å². The Morgan fingerprint density at radius 2 is 2.38 bits per heavy atom. The average molecular weight is 185 g/mol. The van der Waals surface area contributed by atoms with E-state index in [2.05, 4.69) is 10.3 Å². The number of anilines is 1. The minimum absolute atomic E-state index is 0.0780. The van der Waals surface area contributed by atoms with E-state index < -0.39 is 11.6 Å². The summed E-state index contributed by atoms with van der Waals surface area (Å²) in [6, 6.07) is 2.75. The Hall–Kier alpha value is -1.72. The zero-order chi connectivity index (χ0) is 9.68. The first-order chi connectivity index (χ1) is 6.24. The van der Waals surface area contributed by atoms with Gasteiger partial charge in [-0.15, -0.1) is 0 Å². The molecular weight excluding hydrogens is 177 g/mol. The van der Waals surface area contributed by atoms with Crippen molar-refractivity contribution in [3.05, 3.63) is 28.4 Å². The second kappa shape index (κ2) is 4.34. The van der Waals surface area contributed by atoms with Gasteiger partial charge >= 0.3 is 0 Å². The molecule has 0 saturated heterocycles. The van der Waals surface area contributed by atoms with E-state index in [9.17, 15) is 14.5 Å². The largest absolute Gasteiger partial charge is 0.367 e. The molecule has 1 aromatic heterocycles. The Balaban J connectivity index is 2.64. The molecule has 1 N–H and O–H groups in total. The molecule has 0 atom stereocenters. The molecule has 5 nitrogen and oxygen atoms in total. The first-order valence-electron chi connectivity index (χ1n) is 3.64. The van der Waals surface area contributed by atoms with Crippen LogP contribution in [0.4, 0.5) is 15.9 Å². The summed E-state index contributed by atoms with van der Waals surface area (Å²) in [5.41, 5.74) is -0.0780. The maximum absolute atomic E-state index is 11.7. The third-order valence-corrected chi connectivity index (χ3v) is 1.36. The molecule has 0 saturated carbocycles. The summed E-state index contributed by atoms with van der Waals surface area (Å²) < 4.78 is 11.7. The third kappa shape index (κ3) is 2.66. The summed E-state index contributed by atoms with van der Waals surface area (Å²) in [6.45, 7) is -0.344. The van der Waals surface area contributed by atoms with Gasteiger partial charge in [-0.3, -0.25) is 10.1 Å². The number of pyridine rings is 1. The molecule has 1 aromatic rings. The second-order valence-corrected chi connectivity index (χ2v) is 2.27. The maximum Gasteiger partial charge on any atom is 0.287 e. The number of hydrogen-bond acceptors (Lipinski definition) is 4. The van der Waals surface area contributed by atoms with Gasteiger partial charge < -0.3 is 5.32 Å². The summed E-state index contributed by atoms with van der Waals surface area (Å²) in [5, 5.41) is 12.9. The van der Waals surface area contributed by atoms with Crippen LogP contribution >= 0.6 is 0 Å². The molecule has 0 aromatic carbocycles. The van der Waals surface area contributed by atoms with Gasteiger partial charge in [0, 0.05) is 12.6 Å². The molecule has 0 spiro atoms. The lowest BCUT2D eigenvalue weighted by molar-refractivity contribution is -0.385. The van der Waals surface area contributed by atoms with Crippen LogP contribution in [0.3, 0.4) is 0 Å². The van der Waals surface area contributed by atoms with Gasteiger partial charge in [0.2, 0.25) is 0 Å². The van der Waals surface area contributed by atoms with Crippen LogP contribution in [0, 0.1) is 10.1 Å². The van der Waals surface area contributed by atoms with E-state index in [0.29, 0.717) is 5.82 Å². The highest BCUT2D eigenvalue weighted by Gasteiger charge is 2.04. The van der Waals surface area contributed by atoms with Gasteiger partial charge in [0.05, 0.1) is 4.92 Å². The zero-order valence-electron chi connectivity index (χ0n) is 6.74. The van der Waals surface area contributed by atoms with E-state index >= 15 is 0 Å². The quantitative estimate of drug-likeness (QED) is 0.568. The van der Waals surface area contributed by atoms with E-state index in [1.54, 1.807) is 0 Å². The van der Waals surface area contributed by atoms with Crippen LogP contribution in [-0.4, -0.2) is 23.1 Å². The zero-order valence-corrected chi connectivity index (χ0v) is 6.74. The standard InChI is InChI=1S/C7H8FN3O2/c8-3-4-9-7-2-1-6(5-10-7)11(12)13/h1-2,5H,3-4H2,(H,9,10). The fourth-order valence-corrected chi connectivity index (χ4v) is 0.774. The Bertz CT molecular complexity index is 288. The number of nitrogens with zero attached hydrogens (tertiary/aromatic N) is 2. The molecule has 0 unspecified atom stereocenters. The maximum atomic E-state index is 11.7. The summed E-state index contributed by atoms with van der Waals surface area (Å²) in [7, 11) is 0. The second-order valence-electron chi connectivity index (χ2n) is 2.27. The van der Waals surface area contributed by atoms with Gasteiger partial charge in [-0.2, -0.15) is 0 Å². The summed E-state index contributed by atoms with van der Waals surface area (Å²) in [6.07, 6.45) is 1.13. The number of nitrogens with one attached hydrogen (secondary N) is 1. The normalized spacial score (nSPS) is 9.62. The smallest absolute Gasteiger partial charge is 0.287 e. The fourth-order valence-electron chi connectivity index (χ4n) is 0.774. The predicted molar refractivity (Wildman–Crippen MR) is 45.4 cm³/mol. The van der Waals surface area contributed by atoms with Crippen LogP contribution in [0.5, 0.6) is 0 Å². The lowest BCUT2D eigenvalue weighted by Crippen LogP contribution is -2.04. The van der Waals surface area contributed by atoms with Crippen molar-refractivity contribution in [3.8, 4) is 0 Å². The van der Waals surface area contributed by atoms with Gasteiger partial charge in [0.25, 0.3) is 5.69 Å². The van der Waals surface area contributed by atoms with Crippen molar-refractivity contribution in [2.75, 3.05) is 18.5 Å². The molecule has 0 fully saturated rings. The topological polar surface area (TPSA) is 68.1 Å². The van der Waals surface area contributed by atoms with Crippen molar-refractivity contribution in [2.24, 2.45) is 0 Å². The molecular formula is C7H8FN3O2. The van der Waals surface area contributed by atoms with Crippen LogP contribution in [-0.2, 0) is 0 Å². The van der Waals surface area contributed by atoms with E-state index in [0.717, 1.165) is 6.20 Å². The summed E-state index contributed by atoms with van der Waals surface area (Å²) in [4.78, 5) is 13.4. The molecule has 0 amide bonds. The first kappa shape index (κ1) is 9.37. The number of halogens is 1. The van der Waals surface area contributed by atoms with Crippen LogP contribution in [0.25, 0.3) is 0 Å². The van der Waals surface area contributed by atoms with Gasteiger partial charge in [-0.25, -0.2) is 9.37 Å². The summed E-state index contributed by atoms with van der Waals surface area (Å²) in [5.74, 6) is 0.434. The highest BCUT2D eigenvalue weighted by molar-refractivity contribution is 5.39. The molecule has 1 rings (SSSR count). The van der Waals surface area contributed by atoms with Crippen molar-refractivity contribution < 1.29 is 9.31 Å². The number of rotatable bonds is 4. The van der Waals surface area contributed by atoms with Crippen molar-refractivity contribution >= 4 is 11.5 Å². The Kier molecular flexibility index (Phi) is 3.13. The minimum Gasteiger partial charge on any atom is -0.367 e. The number of nitro groups is 1. The van der Waals surface area contributed by atoms with Crippen LogP contribution in [0.1, 0.15) is 0 Å². The Morgan fingerprint density at radius 3 is 2.85 bits per heavy atom. The molecule has 0 radical (unpaired) electrons. The molecule has 6 heteroatoms. The van der Waals surface area contributed by atoms with E-state index in [-0.39, 0.29) is 12.2 Å². The molecule has 0 aliphatic heterocycles. The average Bonchev–Trinajstić information content (AvgIpc) is 2.15. The van der Waals surface area contributed by atoms with Crippen molar-refractivity contribution in [1.82, 2.24) is 4.98 Å². The van der Waals surface area contributed by atoms with Crippen LogP contribution in [0.15, 0.2) is 18.3 Å². The van der Waals surface area contributed by atoms with E-state index in [1.165, 1.54) is 12.1 Å². The van der Waals surface area contributed by atoms with E-state index in [4.69, 9.17) is 0 Å². The monoisotopic (exact) mass is 185 g/mol. The predicted octanol–water partition coefficient (Wildman–Crippen LogP) is 1.37. The lowest BCUT2D eigenvalue weighted by Gasteiger charge is -2.00. The SMILES string of the molecule is O=[N+]([O-])c1ccc(NCCF)nc1.